The molecule has 26 heavy (non-hydrogen) atoms. The van der Waals surface area contributed by atoms with Crippen LogP contribution in [0, 0.1) is 0 Å². The fraction of sp³-hybridized carbons (Fsp3) is 0.381. The summed E-state index contributed by atoms with van der Waals surface area (Å²) in [6.45, 7) is 3.95. The van der Waals surface area contributed by atoms with Gasteiger partial charge in [-0.3, -0.25) is 9.80 Å². The van der Waals surface area contributed by atoms with E-state index < -0.39 is 0 Å². The van der Waals surface area contributed by atoms with Crippen LogP contribution in [0.2, 0.25) is 5.02 Å². The van der Waals surface area contributed by atoms with E-state index in [2.05, 4.69) is 40.2 Å². The number of likely N-dealkylation sites (tertiary alicyclic amines) is 1. The molecule has 3 aromatic rings. The minimum absolute atomic E-state index is 0.577. The van der Waals surface area contributed by atoms with Crippen LogP contribution in [0.25, 0.3) is 11.0 Å². The molecule has 0 bridgehead atoms. The lowest BCUT2D eigenvalue weighted by atomic mass is 10.0. The molecule has 4 nitrogen and oxygen atoms in total. The quantitative estimate of drug-likeness (QED) is 0.659. The molecule has 1 fully saturated rings. The normalized spacial score (nSPS) is 16.6. The molecule has 2 heterocycles. The number of piperidine rings is 1. The molecule has 0 aliphatic carbocycles. The molecule has 1 aliphatic heterocycles. The topological polar surface area (TPSA) is 32.5 Å². The van der Waals surface area contributed by atoms with Gasteiger partial charge >= 0.3 is 0 Å². The van der Waals surface area contributed by atoms with Gasteiger partial charge in [-0.25, -0.2) is 0 Å². The van der Waals surface area contributed by atoms with E-state index in [0.717, 1.165) is 60.7 Å². The van der Waals surface area contributed by atoms with Crippen molar-refractivity contribution >= 4 is 22.6 Å². The Kier molecular flexibility index (Phi) is 5.25. The molecule has 4 rings (SSSR count). The second-order valence-electron chi connectivity index (χ2n) is 7.14. The Balaban J connectivity index is 1.33. The molecule has 1 saturated heterocycles. The molecule has 2 aromatic carbocycles. The highest BCUT2D eigenvalue weighted by Gasteiger charge is 2.24. The third-order valence-electron chi connectivity index (χ3n) is 5.38. The summed E-state index contributed by atoms with van der Waals surface area (Å²) in [5, 5.41) is 6.26. The maximum absolute atomic E-state index is 6.30. The van der Waals surface area contributed by atoms with Gasteiger partial charge in [-0.1, -0.05) is 47.1 Å². The van der Waals surface area contributed by atoms with Crippen molar-refractivity contribution in [1.82, 2.24) is 15.0 Å². The van der Waals surface area contributed by atoms with E-state index in [-0.39, 0.29) is 0 Å². The summed E-state index contributed by atoms with van der Waals surface area (Å²) >= 11 is 6.30. The average molecular weight is 370 g/mol. The van der Waals surface area contributed by atoms with Gasteiger partial charge in [-0.15, -0.1) is 0 Å². The van der Waals surface area contributed by atoms with Crippen LogP contribution in [-0.2, 0) is 13.1 Å². The van der Waals surface area contributed by atoms with Gasteiger partial charge in [0, 0.05) is 29.5 Å². The minimum Gasteiger partial charge on any atom is -0.356 e. The van der Waals surface area contributed by atoms with Gasteiger partial charge in [0.2, 0.25) is 0 Å². The smallest absolute Gasteiger partial charge is 0.167 e. The highest BCUT2D eigenvalue weighted by molar-refractivity contribution is 6.31. The number of nitrogens with zero attached hydrogens (tertiary/aromatic N) is 3. The van der Waals surface area contributed by atoms with Crippen LogP contribution in [0.3, 0.4) is 0 Å². The zero-order valence-electron chi connectivity index (χ0n) is 15.1. The number of aromatic nitrogens is 1. The summed E-state index contributed by atoms with van der Waals surface area (Å²) in [6.07, 6.45) is 2.33. The fourth-order valence-electron chi connectivity index (χ4n) is 3.80. The van der Waals surface area contributed by atoms with Gasteiger partial charge in [0.15, 0.2) is 5.58 Å². The molecular formula is C21H24ClN3O. The number of fused-ring (bicyclic) bond motifs is 1. The van der Waals surface area contributed by atoms with Crippen LogP contribution in [0.15, 0.2) is 53.1 Å². The van der Waals surface area contributed by atoms with Gasteiger partial charge in [0.1, 0.15) is 5.69 Å². The molecule has 136 valence electrons. The molecular weight excluding hydrogens is 346 g/mol. The summed E-state index contributed by atoms with van der Waals surface area (Å²) in [5.74, 6) is 0. The SMILES string of the molecule is CN(Cc1noc2ccccc12)C1CCN(Cc2ccccc2Cl)CC1. The first-order valence-electron chi connectivity index (χ1n) is 9.20. The van der Waals surface area contributed by atoms with Crippen molar-refractivity contribution in [1.29, 1.82) is 0 Å². The molecule has 0 saturated carbocycles. The van der Waals surface area contributed by atoms with Gasteiger partial charge in [0.25, 0.3) is 0 Å². The maximum atomic E-state index is 6.30. The van der Waals surface area contributed by atoms with Crippen LogP contribution >= 0.6 is 11.6 Å². The summed E-state index contributed by atoms with van der Waals surface area (Å²) in [5.41, 5.74) is 3.11. The lowest BCUT2D eigenvalue weighted by Gasteiger charge is -2.36. The molecule has 0 radical (unpaired) electrons. The summed E-state index contributed by atoms with van der Waals surface area (Å²) < 4.78 is 5.43. The maximum Gasteiger partial charge on any atom is 0.167 e. The first-order valence-corrected chi connectivity index (χ1v) is 9.58. The molecule has 0 unspecified atom stereocenters. The number of para-hydroxylation sites is 1. The Morgan fingerprint density at radius 3 is 2.65 bits per heavy atom. The van der Waals surface area contributed by atoms with E-state index in [9.17, 15) is 0 Å². The lowest BCUT2D eigenvalue weighted by molar-refractivity contribution is 0.118. The van der Waals surface area contributed by atoms with Crippen molar-refractivity contribution in [2.45, 2.75) is 32.0 Å². The third kappa shape index (κ3) is 3.78. The van der Waals surface area contributed by atoms with E-state index in [1.54, 1.807) is 0 Å². The van der Waals surface area contributed by atoms with E-state index in [0.29, 0.717) is 6.04 Å². The Bertz CT molecular complexity index is 870. The van der Waals surface area contributed by atoms with Crippen molar-refractivity contribution in [3.8, 4) is 0 Å². The fourth-order valence-corrected chi connectivity index (χ4v) is 4.00. The monoisotopic (exact) mass is 369 g/mol. The Morgan fingerprint density at radius 2 is 1.85 bits per heavy atom. The molecule has 0 N–H and O–H groups in total. The average Bonchev–Trinajstić information content (AvgIpc) is 3.07. The lowest BCUT2D eigenvalue weighted by Crippen LogP contribution is -2.42. The third-order valence-corrected chi connectivity index (χ3v) is 5.75. The number of benzene rings is 2. The van der Waals surface area contributed by atoms with Crippen LogP contribution in [0.4, 0.5) is 0 Å². The van der Waals surface area contributed by atoms with Crippen molar-refractivity contribution < 1.29 is 4.52 Å². The predicted molar refractivity (Wildman–Crippen MR) is 105 cm³/mol. The molecule has 1 aromatic heterocycles. The second-order valence-corrected chi connectivity index (χ2v) is 7.55. The van der Waals surface area contributed by atoms with Gasteiger partial charge in [0.05, 0.1) is 0 Å². The van der Waals surface area contributed by atoms with Crippen LogP contribution in [-0.4, -0.2) is 41.1 Å². The highest BCUT2D eigenvalue weighted by atomic mass is 35.5. The van der Waals surface area contributed by atoms with Gasteiger partial charge in [-0.05, 0) is 56.7 Å². The number of hydrogen-bond donors (Lipinski definition) is 0. The number of halogens is 1. The largest absolute Gasteiger partial charge is 0.356 e. The second kappa shape index (κ2) is 7.78. The van der Waals surface area contributed by atoms with E-state index in [1.165, 1.54) is 5.56 Å². The number of hydrogen-bond acceptors (Lipinski definition) is 4. The first-order chi connectivity index (χ1) is 12.7. The standard InChI is InChI=1S/C21H24ClN3O/c1-24(15-20-18-7-3-5-9-21(18)26-23-20)17-10-12-25(13-11-17)14-16-6-2-4-8-19(16)22/h2-9,17H,10-15H2,1H3. The zero-order chi connectivity index (χ0) is 17.9. The van der Waals surface area contributed by atoms with Crippen molar-refractivity contribution in [3.63, 3.8) is 0 Å². The van der Waals surface area contributed by atoms with Crippen LogP contribution < -0.4 is 0 Å². The Labute approximate surface area is 159 Å². The van der Waals surface area contributed by atoms with Crippen LogP contribution in [0.1, 0.15) is 24.1 Å². The molecule has 1 aliphatic rings. The van der Waals surface area contributed by atoms with Crippen molar-refractivity contribution in [2.75, 3.05) is 20.1 Å². The van der Waals surface area contributed by atoms with Crippen molar-refractivity contribution in [3.05, 3.63) is 64.8 Å². The minimum atomic E-state index is 0.577. The zero-order valence-corrected chi connectivity index (χ0v) is 15.8. The van der Waals surface area contributed by atoms with E-state index in [1.807, 2.05) is 30.3 Å². The first kappa shape index (κ1) is 17.5. The molecule has 0 amide bonds. The van der Waals surface area contributed by atoms with E-state index >= 15 is 0 Å². The van der Waals surface area contributed by atoms with Crippen LogP contribution in [0.5, 0.6) is 0 Å². The van der Waals surface area contributed by atoms with Gasteiger partial charge in [-0.2, -0.15) is 0 Å². The summed E-state index contributed by atoms with van der Waals surface area (Å²) in [4.78, 5) is 4.91. The summed E-state index contributed by atoms with van der Waals surface area (Å²) in [7, 11) is 2.19. The molecule has 0 spiro atoms. The molecule has 5 heteroatoms. The molecule has 0 atom stereocenters. The predicted octanol–water partition coefficient (Wildman–Crippen LogP) is 4.58. The number of rotatable bonds is 5. The Hall–Kier alpha value is -1.88. The van der Waals surface area contributed by atoms with Crippen molar-refractivity contribution in [2.24, 2.45) is 0 Å². The van der Waals surface area contributed by atoms with E-state index in [4.69, 9.17) is 16.1 Å². The summed E-state index contributed by atoms with van der Waals surface area (Å²) in [6, 6.07) is 16.8. The highest BCUT2D eigenvalue weighted by Crippen LogP contribution is 2.24. The van der Waals surface area contributed by atoms with Gasteiger partial charge < -0.3 is 4.52 Å². The Morgan fingerprint density at radius 1 is 1.12 bits per heavy atom.